The van der Waals surface area contributed by atoms with Crippen LogP contribution in [-0.4, -0.2) is 80.2 Å². The smallest absolute Gasteiger partial charge is 0.275 e. The summed E-state index contributed by atoms with van der Waals surface area (Å²) in [5.74, 6) is -3.22. The van der Waals surface area contributed by atoms with Gasteiger partial charge in [0.25, 0.3) is 11.8 Å². The first kappa shape index (κ1) is 28.7. The lowest BCUT2D eigenvalue weighted by atomic mass is 9.98. The Kier molecular flexibility index (Phi) is 8.25. The average molecular weight is 576 g/mol. The largest absolute Gasteiger partial charge is 0.378 e. The van der Waals surface area contributed by atoms with Crippen molar-refractivity contribution in [3.63, 3.8) is 0 Å². The van der Waals surface area contributed by atoms with Gasteiger partial charge in [-0.15, -0.1) is 0 Å². The van der Waals surface area contributed by atoms with Crippen molar-refractivity contribution in [3.8, 4) is 0 Å². The zero-order chi connectivity index (χ0) is 29.3. The van der Waals surface area contributed by atoms with E-state index in [1.807, 2.05) is 31.5 Å². The fourth-order valence-electron chi connectivity index (χ4n) is 6.33. The molecule has 3 aliphatic rings. The molecule has 7 nitrogen and oxygen atoms in total. The highest BCUT2D eigenvalue weighted by molar-refractivity contribution is 6.04. The molecule has 222 valence electrons. The molecule has 1 aromatic heterocycles. The van der Waals surface area contributed by atoms with Gasteiger partial charge in [0.15, 0.2) is 0 Å². The minimum Gasteiger partial charge on any atom is -0.378 e. The number of nitrogens with one attached hydrogen (secondary N) is 1. The van der Waals surface area contributed by atoms with Gasteiger partial charge in [0, 0.05) is 74.7 Å². The second-order valence-electron chi connectivity index (χ2n) is 11.8. The monoisotopic (exact) mass is 575 g/mol. The molecule has 1 amide bonds. The summed E-state index contributed by atoms with van der Waals surface area (Å²) >= 11 is 0. The number of aromatic nitrogens is 1. The predicted octanol–water partition coefficient (Wildman–Crippen LogP) is 5.05. The number of carbonyl (C=O) groups excluding carboxylic acids is 1. The molecule has 1 N–H and O–H groups in total. The molecule has 2 aliphatic heterocycles. The first-order valence-corrected chi connectivity index (χ1v) is 14.9. The standard InChI is InChI=1S/C33H39F2N5O2/c1-23-3-5-26(18-25(23)6-4-24-17-28(22-36-21-24)39-13-15-42-16-14-39)32(41)37-27-7-8-29-30(19-27)33(34,35)20-31(29)40-11-9-38(2)10-12-40/h3,5,7-8,17-19,21-22,31H,4,6,9-16,20H2,1-2H3,(H,37,41). The Bertz CT molecular complexity index is 1430. The van der Waals surface area contributed by atoms with Crippen molar-refractivity contribution in [3.05, 3.63) is 88.2 Å². The Hall–Kier alpha value is -3.40. The number of hydrogen-bond donors (Lipinski definition) is 1. The number of alkyl halides is 2. The van der Waals surface area contributed by atoms with Gasteiger partial charge >= 0.3 is 0 Å². The molecule has 1 unspecified atom stereocenters. The van der Waals surface area contributed by atoms with E-state index >= 15 is 8.78 Å². The van der Waals surface area contributed by atoms with Crippen LogP contribution in [0.1, 0.15) is 50.6 Å². The quantitative estimate of drug-likeness (QED) is 0.426. The molecule has 1 atom stereocenters. The maximum Gasteiger partial charge on any atom is 0.275 e. The fourth-order valence-corrected chi connectivity index (χ4v) is 6.33. The van der Waals surface area contributed by atoms with Crippen molar-refractivity contribution in [1.82, 2.24) is 14.8 Å². The maximum atomic E-state index is 15.1. The lowest BCUT2D eigenvalue weighted by molar-refractivity contribution is -0.0257. The molecule has 0 spiro atoms. The van der Waals surface area contributed by atoms with Gasteiger partial charge in [0.05, 0.1) is 25.1 Å². The van der Waals surface area contributed by atoms with Gasteiger partial charge in [-0.3, -0.25) is 14.7 Å². The number of anilines is 2. The SMILES string of the molecule is Cc1ccc(C(=O)Nc2ccc3c(c2)C(F)(F)CC3N2CCN(C)CC2)cc1CCc1cncc(N2CCOCC2)c1. The zero-order valence-electron chi connectivity index (χ0n) is 24.4. The Balaban J connectivity index is 1.13. The van der Waals surface area contributed by atoms with E-state index in [-0.39, 0.29) is 23.9 Å². The van der Waals surface area contributed by atoms with Crippen LogP contribution in [0.3, 0.4) is 0 Å². The van der Waals surface area contributed by atoms with E-state index in [9.17, 15) is 4.79 Å². The molecular weight excluding hydrogens is 536 g/mol. The van der Waals surface area contributed by atoms with Crippen molar-refractivity contribution >= 4 is 17.3 Å². The molecule has 3 aromatic rings. The number of fused-ring (bicyclic) bond motifs is 1. The number of morpholine rings is 1. The predicted molar refractivity (Wildman–Crippen MR) is 161 cm³/mol. The first-order valence-electron chi connectivity index (χ1n) is 14.9. The normalized spacial score (nSPS) is 20.9. The minimum absolute atomic E-state index is 0.0294. The first-order chi connectivity index (χ1) is 20.3. The summed E-state index contributed by atoms with van der Waals surface area (Å²) in [4.78, 5) is 24.4. The lowest BCUT2D eigenvalue weighted by Gasteiger charge is -2.36. The van der Waals surface area contributed by atoms with E-state index < -0.39 is 5.92 Å². The van der Waals surface area contributed by atoms with Gasteiger partial charge in [0.1, 0.15) is 0 Å². The van der Waals surface area contributed by atoms with Gasteiger partial charge in [-0.05, 0) is 79.4 Å². The Morgan fingerprint density at radius 1 is 1.00 bits per heavy atom. The van der Waals surface area contributed by atoms with Gasteiger partial charge in [0.2, 0.25) is 0 Å². The highest BCUT2D eigenvalue weighted by Crippen LogP contribution is 2.50. The maximum absolute atomic E-state index is 15.1. The number of amides is 1. The Morgan fingerprint density at radius 2 is 1.79 bits per heavy atom. The van der Waals surface area contributed by atoms with Crippen LogP contribution in [-0.2, 0) is 23.5 Å². The summed E-state index contributed by atoms with van der Waals surface area (Å²) in [6.07, 6.45) is 5.14. The number of aryl methyl sites for hydroxylation is 3. The number of carbonyl (C=O) groups is 1. The third-order valence-corrected chi connectivity index (χ3v) is 8.94. The fraction of sp³-hybridized carbons (Fsp3) is 0.455. The van der Waals surface area contributed by atoms with Crippen molar-refractivity contribution in [1.29, 1.82) is 0 Å². The summed E-state index contributed by atoms with van der Waals surface area (Å²) in [5.41, 5.74) is 6.04. The van der Waals surface area contributed by atoms with Crippen LogP contribution in [0.5, 0.6) is 0 Å². The van der Waals surface area contributed by atoms with Crippen molar-refractivity contribution in [2.75, 3.05) is 69.7 Å². The number of nitrogens with zero attached hydrogens (tertiary/aromatic N) is 4. The number of hydrogen-bond acceptors (Lipinski definition) is 6. The van der Waals surface area contributed by atoms with E-state index in [0.29, 0.717) is 16.8 Å². The van der Waals surface area contributed by atoms with Gasteiger partial charge in [-0.1, -0.05) is 12.1 Å². The van der Waals surface area contributed by atoms with Crippen molar-refractivity contribution < 1.29 is 18.3 Å². The summed E-state index contributed by atoms with van der Waals surface area (Å²) < 4.78 is 35.8. The van der Waals surface area contributed by atoms with E-state index in [1.165, 1.54) is 6.07 Å². The van der Waals surface area contributed by atoms with Crippen LogP contribution in [0, 0.1) is 6.92 Å². The summed E-state index contributed by atoms with van der Waals surface area (Å²) in [5, 5.41) is 2.87. The van der Waals surface area contributed by atoms with E-state index in [2.05, 4.69) is 38.1 Å². The Morgan fingerprint density at radius 3 is 2.57 bits per heavy atom. The van der Waals surface area contributed by atoms with E-state index in [4.69, 9.17) is 4.74 Å². The molecule has 42 heavy (non-hydrogen) atoms. The van der Waals surface area contributed by atoms with Crippen LogP contribution in [0.15, 0.2) is 54.9 Å². The molecule has 1 aliphatic carbocycles. The van der Waals surface area contributed by atoms with Crippen LogP contribution in [0.4, 0.5) is 20.2 Å². The number of halogens is 2. The highest BCUT2D eigenvalue weighted by Gasteiger charge is 2.47. The van der Waals surface area contributed by atoms with Crippen LogP contribution in [0.2, 0.25) is 0 Å². The third-order valence-electron chi connectivity index (χ3n) is 8.94. The second-order valence-corrected chi connectivity index (χ2v) is 11.8. The lowest BCUT2D eigenvalue weighted by Crippen LogP contribution is -2.45. The number of benzene rings is 2. The molecule has 2 aromatic carbocycles. The number of pyridine rings is 1. The van der Waals surface area contributed by atoms with Gasteiger partial charge in [-0.2, -0.15) is 0 Å². The summed E-state index contributed by atoms with van der Waals surface area (Å²) in [7, 11) is 2.06. The summed E-state index contributed by atoms with van der Waals surface area (Å²) in [6.45, 7) is 8.52. The van der Waals surface area contributed by atoms with Crippen LogP contribution < -0.4 is 10.2 Å². The van der Waals surface area contributed by atoms with Crippen molar-refractivity contribution in [2.24, 2.45) is 0 Å². The number of ether oxygens (including phenoxy) is 1. The van der Waals surface area contributed by atoms with E-state index in [0.717, 1.165) is 87.7 Å². The molecule has 9 heteroatoms. The van der Waals surface area contributed by atoms with Gasteiger partial charge < -0.3 is 19.9 Å². The minimum atomic E-state index is -2.92. The molecule has 2 saturated heterocycles. The van der Waals surface area contributed by atoms with Crippen molar-refractivity contribution in [2.45, 2.75) is 38.2 Å². The molecular formula is C33H39F2N5O2. The highest BCUT2D eigenvalue weighted by atomic mass is 19.3. The number of likely N-dealkylation sites (N-methyl/N-ethyl adjacent to an activating group) is 1. The van der Waals surface area contributed by atoms with E-state index in [1.54, 1.807) is 18.2 Å². The molecule has 2 fully saturated rings. The number of piperazine rings is 1. The molecule has 6 rings (SSSR count). The topological polar surface area (TPSA) is 60.9 Å². The summed E-state index contributed by atoms with van der Waals surface area (Å²) in [6, 6.07) is 12.5. The molecule has 0 bridgehead atoms. The van der Waals surface area contributed by atoms with Crippen LogP contribution in [0.25, 0.3) is 0 Å². The van der Waals surface area contributed by atoms with Crippen LogP contribution >= 0.6 is 0 Å². The second kappa shape index (κ2) is 12.1. The molecule has 3 heterocycles. The van der Waals surface area contributed by atoms with Gasteiger partial charge in [-0.25, -0.2) is 8.78 Å². The number of rotatable bonds is 7. The third kappa shape index (κ3) is 6.19. The molecule has 0 radical (unpaired) electrons. The Labute approximate surface area is 246 Å². The molecule has 0 saturated carbocycles. The zero-order valence-corrected chi connectivity index (χ0v) is 24.4. The average Bonchev–Trinajstić information content (AvgIpc) is 3.27.